The molecule has 0 fully saturated rings. The van der Waals surface area contributed by atoms with Gasteiger partial charge in [0.15, 0.2) is 0 Å². The Labute approximate surface area is 121 Å². The van der Waals surface area contributed by atoms with Crippen LogP contribution in [0.2, 0.25) is 5.02 Å². The first-order chi connectivity index (χ1) is 8.90. The van der Waals surface area contributed by atoms with Crippen molar-refractivity contribution >= 4 is 27.5 Å². The minimum absolute atomic E-state index is 0.379. The van der Waals surface area contributed by atoms with E-state index in [2.05, 4.69) is 15.9 Å². The van der Waals surface area contributed by atoms with Crippen LogP contribution in [0.25, 0.3) is 0 Å². The van der Waals surface area contributed by atoms with Gasteiger partial charge in [-0.2, -0.15) is 0 Å². The first kappa shape index (κ1) is 14.4. The number of halogens is 5. The van der Waals surface area contributed by atoms with E-state index < -0.39 is 23.5 Å². The molecule has 1 unspecified atom stereocenters. The van der Waals surface area contributed by atoms with Crippen molar-refractivity contribution < 1.29 is 13.2 Å². The second-order valence-electron chi connectivity index (χ2n) is 3.93. The molecule has 0 saturated heterocycles. The van der Waals surface area contributed by atoms with E-state index in [0.717, 1.165) is 0 Å². The van der Waals surface area contributed by atoms with Crippen LogP contribution in [0.3, 0.4) is 0 Å². The fraction of sp³-hybridized carbons (Fsp3) is 0.0769. The Kier molecular flexibility index (Phi) is 4.18. The summed E-state index contributed by atoms with van der Waals surface area (Å²) in [4.78, 5) is 0. The van der Waals surface area contributed by atoms with E-state index in [1.54, 1.807) is 18.2 Å². The van der Waals surface area contributed by atoms with Gasteiger partial charge in [0.1, 0.15) is 17.5 Å². The average molecular weight is 351 g/mol. The zero-order valence-electron chi connectivity index (χ0n) is 9.43. The SMILES string of the molecule is NC(c1ccc(Cl)c(Br)c1)c1c(F)cc(F)cc1F. The molecule has 0 aromatic heterocycles. The molecule has 100 valence electrons. The summed E-state index contributed by atoms with van der Waals surface area (Å²) in [6.45, 7) is 0. The van der Waals surface area contributed by atoms with Gasteiger partial charge in [-0.15, -0.1) is 0 Å². The Morgan fingerprint density at radius 3 is 2.16 bits per heavy atom. The first-order valence-electron chi connectivity index (χ1n) is 5.25. The molecule has 0 saturated carbocycles. The van der Waals surface area contributed by atoms with Gasteiger partial charge in [0.25, 0.3) is 0 Å². The molecule has 0 aliphatic heterocycles. The third-order valence-corrected chi connectivity index (χ3v) is 3.87. The van der Waals surface area contributed by atoms with E-state index >= 15 is 0 Å². The first-order valence-corrected chi connectivity index (χ1v) is 6.42. The van der Waals surface area contributed by atoms with Crippen molar-refractivity contribution in [3.8, 4) is 0 Å². The van der Waals surface area contributed by atoms with Gasteiger partial charge in [-0.25, -0.2) is 13.2 Å². The van der Waals surface area contributed by atoms with Crippen molar-refractivity contribution in [3.05, 3.63) is 68.4 Å². The highest BCUT2D eigenvalue weighted by atomic mass is 79.9. The fourth-order valence-electron chi connectivity index (χ4n) is 1.72. The van der Waals surface area contributed by atoms with Crippen molar-refractivity contribution in [2.75, 3.05) is 0 Å². The Hall–Kier alpha value is -1.04. The van der Waals surface area contributed by atoms with E-state index in [0.29, 0.717) is 27.2 Å². The van der Waals surface area contributed by atoms with Crippen LogP contribution in [0.5, 0.6) is 0 Å². The number of hydrogen-bond donors (Lipinski definition) is 1. The summed E-state index contributed by atoms with van der Waals surface area (Å²) in [6.07, 6.45) is 0. The highest BCUT2D eigenvalue weighted by Crippen LogP contribution is 2.30. The minimum Gasteiger partial charge on any atom is -0.320 e. The molecule has 19 heavy (non-hydrogen) atoms. The van der Waals surface area contributed by atoms with Gasteiger partial charge in [-0.1, -0.05) is 17.7 Å². The van der Waals surface area contributed by atoms with Gasteiger partial charge in [-0.05, 0) is 33.6 Å². The standard InChI is InChI=1S/C13H8BrClF3N/c14-8-3-6(1-2-9(8)15)13(19)12-10(17)4-7(16)5-11(12)18/h1-5,13H,19H2. The maximum Gasteiger partial charge on any atom is 0.134 e. The quantitative estimate of drug-likeness (QED) is 0.844. The largest absolute Gasteiger partial charge is 0.320 e. The van der Waals surface area contributed by atoms with Gasteiger partial charge in [0, 0.05) is 22.2 Å². The predicted molar refractivity (Wildman–Crippen MR) is 71.5 cm³/mol. The summed E-state index contributed by atoms with van der Waals surface area (Å²) in [5.41, 5.74) is 5.90. The van der Waals surface area contributed by atoms with Crippen molar-refractivity contribution in [3.63, 3.8) is 0 Å². The van der Waals surface area contributed by atoms with Crippen molar-refractivity contribution in [1.29, 1.82) is 0 Å². The molecule has 0 amide bonds. The summed E-state index contributed by atoms with van der Waals surface area (Å²) in [7, 11) is 0. The molecular formula is C13H8BrClF3N. The smallest absolute Gasteiger partial charge is 0.134 e. The minimum atomic E-state index is -1.05. The third kappa shape index (κ3) is 2.94. The summed E-state index contributed by atoms with van der Waals surface area (Å²) in [5.74, 6) is -3.02. The van der Waals surface area contributed by atoms with Crippen LogP contribution >= 0.6 is 27.5 Å². The molecule has 1 atom stereocenters. The summed E-state index contributed by atoms with van der Waals surface area (Å²) in [6, 6.07) is 4.83. The zero-order chi connectivity index (χ0) is 14.2. The Morgan fingerprint density at radius 1 is 1.05 bits per heavy atom. The zero-order valence-corrected chi connectivity index (χ0v) is 11.8. The predicted octanol–water partition coefficient (Wildman–Crippen LogP) is 4.57. The van der Waals surface area contributed by atoms with E-state index in [9.17, 15) is 13.2 Å². The van der Waals surface area contributed by atoms with E-state index in [4.69, 9.17) is 17.3 Å². The van der Waals surface area contributed by atoms with Crippen molar-refractivity contribution in [2.45, 2.75) is 6.04 Å². The summed E-state index contributed by atoms with van der Waals surface area (Å²) < 4.78 is 40.7. The highest BCUT2D eigenvalue weighted by molar-refractivity contribution is 9.10. The lowest BCUT2D eigenvalue weighted by Gasteiger charge is -2.15. The molecule has 2 aromatic carbocycles. The molecule has 0 bridgehead atoms. The van der Waals surface area contributed by atoms with Crippen LogP contribution in [0.1, 0.15) is 17.2 Å². The van der Waals surface area contributed by atoms with Gasteiger partial charge in [0.05, 0.1) is 11.1 Å². The average Bonchev–Trinajstić information content (AvgIpc) is 2.31. The van der Waals surface area contributed by atoms with Crippen molar-refractivity contribution in [2.24, 2.45) is 5.73 Å². The Morgan fingerprint density at radius 2 is 1.63 bits per heavy atom. The van der Waals surface area contributed by atoms with E-state index in [-0.39, 0.29) is 5.56 Å². The van der Waals surface area contributed by atoms with Crippen LogP contribution in [-0.4, -0.2) is 0 Å². The van der Waals surface area contributed by atoms with Gasteiger partial charge >= 0.3 is 0 Å². The number of benzene rings is 2. The normalized spacial score (nSPS) is 12.5. The molecule has 2 aromatic rings. The monoisotopic (exact) mass is 349 g/mol. The molecule has 6 heteroatoms. The van der Waals surface area contributed by atoms with Crippen LogP contribution in [0.15, 0.2) is 34.8 Å². The second kappa shape index (κ2) is 5.53. The summed E-state index contributed by atoms with van der Waals surface area (Å²) >= 11 is 9.03. The van der Waals surface area contributed by atoms with E-state index in [1.807, 2.05) is 0 Å². The fourth-order valence-corrected chi connectivity index (χ4v) is 2.24. The number of rotatable bonds is 2. The van der Waals surface area contributed by atoms with Crippen LogP contribution in [-0.2, 0) is 0 Å². The molecule has 2 N–H and O–H groups in total. The van der Waals surface area contributed by atoms with Gasteiger partial charge in [-0.3, -0.25) is 0 Å². The highest BCUT2D eigenvalue weighted by Gasteiger charge is 2.20. The molecule has 1 nitrogen and oxygen atoms in total. The molecular weight excluding hydrogens is 343 g/mol. The molecule has 0 spiro atoms. The van der Waals surface area contributed by atoms with Gasteiger partial charge < -0.3 is 5.73 Å². The second-order valence-corrected chi connectivity index (χ2v) is 5.20. The van der Waals surface area contributed by atoms with Crippen LogP contribution in [0, 0.1) is 17.5 Å². The third-order valence-electron chi connectivity index (χ3n) is 2.66. The Bertz CT molecular complexity index is 610. The van der Waals surface area contributed by atoms with Crippen LogP contribution in [0.4, 0.5) is 13.2 Å². The maximum atomic E-state index is 13.6. The lowest BCUT2D eigenvalue weighted by atomic mass is 9.98. The maximum absolute atomic E-state index is 13.6. The lowest BCUT2D eigenvalue weighted by Crippen LogP contribution is -2.16. The van der Waals surface area contributed by atoms with Gasteiger partial charge in [0.2, 0.25) is 0 Å². The number of nitrogens with two attached hydrogens (primary N) is 1. The molecule has 0 aliphatic rings. The molecule has 0 radical (unpaired) electrons. The molecule has 0 aliphatic carbocycles. The summed E-state index contributed by atoms with van der Waals surface area (Å²) in [5, 5.41) is 0.455. The topological polar surface area (TPSA) is 26.0 Å². The molecule has 2 rings (SSSR count). The molecule has 0 heterocycles. The lowest BCUT2D eigenvalue weighted by molar-refractivity contribution is 0.515. The number of hydrogen-bond acceptors (Lipinski definition) is 1. The van der Waals surface area contributed by atoms with E-state index in [1.165, 1.54) is 0 Å². The van der Waals surface area contributed by atoms with Crippen molar-refractivity contribution in [1.82, 2.24) is 0 Å². The Balaban J connectivity index is 2.49. The van der Waals surface area contributed by atoms with Crippen LogP contribution < -0.4 is 5.73 Å².